The Balaban J connectivity index is 2.74. The van der Waals surface area contributed by atoms with Crippen molar-refractivity contribution in [2.75, 3.05) is 5.75 Å². The molecular weight excluding hydrogens is 186 g/mol. The van der Waals surface area contributed by atoms with Gasteiger partial charge >= 0.3 is 0 Å². The zero-order chi connectivity index (χ0) is 9.47. The largest absolute Gasteiger partial charge is 0.260 e. The van der Waals surface area contributed by atoms with E-state index >= 15 is 0 Å². The van der Waals surface area contributed by atoms with Crippen LogP contribution >= 0.6 is 0 Å². The molecule has 0 saturated carbocycles. The lowest BCUT2D eigenvalue weighted by atomic mass is 10.1. The molecule has 3 nitrogen and oxygen atoms in total. The van der Waals surface area contributed by atoms with Crippen LogP contribution in [-0.4, -0.2) is 19.2 Å². The van der Waals surface area contributed by atoms with Crippen molar-refractivity contribution in [3.05, 3.63) is 23.5 Å². The lowest BCUT2D eigenvalue weighted by Crippen LogP contribution is -2.02. The summed E-state index contributed by atoms with van der Waals surface area (Å²) in [5.41, 5.74) is 1.65. The quantitative estimate of drug-likeness (QED) is 0.674. The van der Waals surface area contributed by atoms with Gasteiger partial charge in [0.2, 0.25) is 0 Å². The Labute approximate surface area is 77.7 Å². The average molecular weight is 197 g/mol. The second-order valence-corrected chi connectivity index (χ2v) is 5.21. The first-order valence-electron chi connectivity index (χ1n) is 4.34. The molecule has 1 aliphatic rings. The highest BCUT2D eigenvalue weighted by atomic mass is 32.2. The molecule has 0 unspecified atom stereocenters. The maximum Gasteiger partial charge on any atom is 0.180 e. The maximum absolute atomic E-state index is 11.6. The molecule has 13 heavy (non-hydrogen) atoms. The van der Waals surface area contributed by atoms with Crippen molar-refractivity contribution in [2.24, 2.45) is 0 Å². The minimum absolute atomic E-state index is 0.229. The van der Waals surface area contributed by atoms with E-state index in [0.29, 0.717) is 11.3 Å². The third kappa shape index (κ3) is 1.25. The average Bonchev–Trinajstić information content (AvgIpc) is 2.43. The summed E-state index contributed by atoms with van der Waals surface area (Å²) in [5, 5.41) is 0. The number of sulfone groups is 1. The normalized spacial score (nSPS) is 18.5. The maximum atomic E-state index is 11.6. The molecule has 0 amide bonds. The van der Waals surface area contributed by atoms with Gasteiger partial charge in [0.1, 0.15) is 0 Å². The standard InChI is InChI=1S/C9H11NO2S/c1-2-7-3-5-10-8-4-6-13(11,12)9(7)8/h3,5H,2,4,6H2,1H3. The molecule has 0 N–H and O–H groups in total. The van der Waals surface area contributed by atoms with Gasteiger partial charge in [-0.25, -0.2) is 8.42 Å². The second kappa shape index (κ2) is 2.80. The summed E-state index contributed by atoms with van der Waals surface area (Å²) >= 11 is 0. The number of rotatable bonds is 1. The molecule has 0 spiro atoms. The number of hydrogen-bond acceptors (Lipinski definition) is 3. The minimum Gasteiger partial charge on any atom is -0.260 e. The molecule has 0 aliphatic carbocycles. The number of aryl methyl sites for hydroxylation is 2. The molecule has 1 aliphatic heterocycles. The van der Waals surface area contributed by atoms with Gasteiger partial charge in [0.15, 0.2) is 9.84 Å². The van der Waals surface area contributed by atoms with Crippen molar-refractivity contribution in [3.63, 3.8) is 0 Å². The van der Waals surface area contributed by atoms with Crippen LogP contribution in [0.25, 0.3) is 0 Å². The van der Waals surface area contributed by atoms with Crippen LogP contribution in [-0.2, 0) is 22.7 Å². The van der Waals surface area contributed by atoms with Gasteiger partial charge in [0.25, 0.3) is 0 Å². The third-order valence-corrected chi connectivity index (χ3v) is 4.22. The first kappa shape index (κ1) is 8.69. The van der Waals surface area contributed by atoms with Crippen molar-refractivity contribution in [1.29, 1.82) is 0 Å². The molecular formula is C9H11NO2S. The van der Waals surface area contributed by atoms with Gasteiger partial charge in [-0.15, -0.1) is 0 Å². The molecule has 70 valence electrons. The van der Waals surface area contributed by atoms with Gasteiger partial charge in [0.05, 0.1) is 16.3 Å². The summed E-state index contributed by atoms with van der Waals surface area (Å²) in [7, 11) is -3.01. The van der Waals surface area contributed by atoms with Crippen molar-refractivity contribution in [3.8, 4) is 0 Å². The molecule has 0 aromatic carbocycles. The van der Waals surface area contributed by atoms with Crippen LogP contribution in [0.15, 0.2) is 17.2 Å². The van der Waals surface area contributed by atoms with E-state index in [-0.39, 0.29) is 5.75 Å². The van der Waals surface area contributed by atoms with E-state index in [1.54, 1.807) is 12.3 Å². The minimum atomic E-state index is -3.01. The van der Waals surface area contributed by atoms with Crippen molar-refractivity contribution >= 4 is 9.84 Å². The molecule has 0 bridgehead atoms. The fraction of sp³-hybridized carbons (Fsp3) is 0.444. The van der Waals surface area contributed by atoms with Crippen LogP contribution in [0.5, 0.6) is 0 Å². The molecule has 2 rings (SSSR count). The molecule has 1 aromatic rings. The van der Waals surface area contributed by atoms with E-state index in [0.717, 1.165) is 17.7 Å². The number of hydrogen-bond donors (Lipinski definition) is 0. The Morgan fingerprint density at radius 2 is 2.31 bits per heavy atom. The van der Waals surface area contributed by atoms with Crippen LogP contribution in [0.2, 0.25) is 0 Å². The molecule has 0 atom stereocenters. The number of pyridine rings is 1. The van der Waals surface area contributed by atoms with Gasteiger partial charge in [0, 0.05) is 12.6 Å². The first-order valence-corrected chi connectivity index (χ1v) is 6.00. The summed E-state index contributed by atoms with van der Waals surface area (Å²) in [6.07, 6.45) is 3.02. The van der Waals surface area contributed by atoms with Gasteiger partial charge in [-0.05, 0) is 18.1 Å². The van der Waals surface area contributed by atoms with Crippen molar-refractivity contribution in [2.45, 2.75) is 24.7 Å². The predicted molar refractivity (Wildman–Crippen MR) is 49.4 cm³/mol. The van der Waals surface area contributed by atoms with Crippen LogP contribution in [0.3, 0.4) is 0 Å². The monoisotopic (exact) mass is 197 g/mol. The van der Waals surface area contributed by atoms with E-state index in [4.69, 9.17) is 0 Å². The smallest absolute Gasteiger partial charge is 0.180 e. The van der Waals surface area contributed by atoms with Gasteiger partial charge in [-0.3, -0.25) is 4.98 Å². The number of fused-ring (bicyclic) bond motifs is 1. The van der Waals surface area contributed by atoms with Gasteiger partial charge in [-0.1, -0.05) is 6.92 Å². The summed E-state index contributed by atoms with van der Waals surface area (Å²) in [6.45, 7) is 1.96. The van der Waals surface area contributed by atoms with E-state index in [9.17, 15) is 8.42 Å². The molecule has 2 heterocycles. The number of aromatic nitrogens is 1. The van der Waals surface area contributed by atoms with Crippen molar-refractivity contribution < 1.29 is 8.42 Å². The molecule has 0 fully saturated rings. The summed E-state index contributed by atoms with van der Waals surface area (Å²) < 4.78 is 23.2. The van der Waals surface area contributed by atoms with E-state index in [1.807, 2.05) is 6.92 Å². The zero-order valence-electron chi connectivity index (χ0n) is 7.45. The van der Waals surface area contributed by atoms with Gasteiger partial charge < -0.3 is 0 Å². The van der Waals surface area contributed by atoms with Crippen LogP contribution in [0, 0.1) is 0 Å². The van der Waals surface area contributed by atoms with E-state index in [2.05, 4.69) is 4.98 Å². The van der Waals surface area contributed by atoms with E-state index < -0.39 is 9.84 Å². The highest BCUT2D eigenvalue weighted by Gasteiger charge is 2.29. The summed E-state index contributed by atoms with van der Waals surface area (Å²) in [6, 6.07) is 1.79. The predicted octanol–water partition coefficient (Wildman–Crippen LogP) is 0.974. The first-order chi connectivity index (χ1) is 6.15. The fourth-order valence-corrected chi connectivity index (χ4v) is 3.50. The second-order valence-electron chi connectivity index (χ2n) is 3.17. The number of nitrogens with zero attached hydrogens (tertiary/aromatic N) is 1. The third-order valence-electron chi connectivity index (χ3n) is 2.36. The highest BCUT2D eigenvalue weighted by Crippen LogP contribution is 2.27. The Hall–Kier alpha value is -0.900. The van der Waals surface area contributed by atoms with Crippen molar-refractivity contribution in [1.82, 2.24) is 4.98 Å². The topological polar surface area (TPSA) is 47.0 Å². The highest BCUT2D eigenvalue weighted by molar-refractivity contribution is 7.91. The molecule has 4 heteroatoms. The van der Waals surface area contributed by atoms with Crippen LogP contribution in [0.4, 0.5) is 0 Å². The zero-order valence-corrected chi connectivity index (χ0v) is 8.26. The van der Waals surface area contributed by atoms with Crippen LogP contribution < -0.4 is 0 Å². The van der Waals surface area contributed by atoms with E-state index in [1.165, 1.54) is 0 Å². The Morgan fingerprint density at radius 1 is 1.54 bits per heavy atom. The summed E-state index contributed by atoms with van der Waals surface area (Å²) in [4.78, 5) is 4.58. The van der Waals surface area contributed by atoms with Crippen LogP contribution in [0.1, 0.15) is 18.2 Å². The molecule has 1 aromatic heterocycles. The SMILES string of the molecule is CCc1ccnc2c1S(=O)(=O)CC2. The fourth-order valence-electron chi connectivity index (χ4n) is 1.71. The van der Waals surface area contributed by atoms with Gasteiger partial charge in [-0.2, -0.15) is 0 Å². The Kier molecular flexibility index (Phi) is 1.87. The molecule has 0 saturated heterocycles. The lowest BCUT2D eigenvalue weighted by Gasteiger charge is -2.03. The summed E-state index contributed by atoms with van der Waals surface area (Å²) in [5.74, 6) is 0.229. The Bertz CT molecular complexity index is 437. The molecule has 0 radical (unpaired) electrons. The lowest BCUT2D eigenvalue weighted by molar-refractivity contribution is 0.599. The Morgan fingerprint density at radius 3 is 3.00 bits per heavy atom.